The monoisotopic (exact) mass is 364 g/mol. The number of esters is 1. The van der Waals surface area contributed by atoms with Crippen molar-refractivity contribution in [2.45, 2.75) is 32.8 Å². The average molecular weight is 364 g/mol. The molecule has 0 fully saturated rings. The van der Waals surface area contributed by atoms with Gasteiger partial charge in [-0.1, -0.05) is 30.8 Å². The standard InChI is InChI=1S/C22H20O5/c1-5-25-21(24)15-10-17(23)26-20-16-11-22(4,12(2)3)27-19(16)14-9-7-6-8-13(14)18(15)20/h6-10H,2,5,11H2,1,3-4H3. The minimum absolute atomic E-state index is 0.214. The Morgan fingerprint density at radius 3 is 2.67 bits per heavy atom. The Balaban J connectivity index is 2.16. The van der Waals surface area contributed by atoms with Gasteiger partial charge in [-0.2, -0.15) is 0 Å². The highest BCUT2D eigenvalue weighted by atomic mass is 16.5. The van der Waals surface area contributed by atoms with Crippen molar-refractivity contribution in [3.63, 3.8) is 0 Å². The predicted octanol–water partition coefficient (Wildman–Crippen LogP) is 4.39. The van der Waals surface area contributed by atoms with E-state index in [1.165, 1.54) is 6.07 Å². The van der Waals surface area contributed by atoms with E-state index in [1.54, 1.807) is 6.92 Å². The quantitative estimate of drug-likeness (QED) is 0.298. The van der Waals surface area contributed by atoms with Crippen molar-refractivity contribution in [2.75, 3.05) is 6.61 Å². The van der Waals surface area contributed by atoms with Gasteiger partial charge in [-0.3, -0.25) is 0 Å². The van der Waals surface area contributed by atoms with Crippen LogP contribution in [0.15, 0.2) is 51.7 Å². The third-order valence-electron chi connectivity index (χ3n) is 5.19. The molecule has 1 atom stereocenters. The Bertz CT molecular complexity index is 1170. The lowest BCUT2D eigenvalue weighted by Gasteiger charge is -2.24. The highest BCUT2D eigenvalue weighted by Gasteiger charge is 2.39. The van der Waals surface area contributed by atoms with Gasteiger partial charge in [0.1, 0.15) is 16.9 Å². The van der Waals surface area contributed by atoms with Crippen LogP contribution in [0.5, 0.6) is 5.75 Å². The molecule has 1 unspecified atom stereocenters. The third-order valence-corrected chi connectivity index (χ3v) is 5.19. The molecule has 0 spiro atoms. The van der Waals surface area contributed by atoms with E-state index in [4.69, 9.17) is 13.9 Å². The van der Waals surface area contributed by atoms with E-state index in [-0.39, 0.29) is 12.2 Å². The van der Waals surface area contributed by atoms with Gasteiger partial charge in [0.05, 0.1) is 12.2 Å². The number of carbonyl (C=O) groups excluding carboxylic acids is 1. The van der Waals surface area contributed by atoms with Gasteiger partial charge in [0.2, 0.25) is 0 Å². The van der Waals surface area contributed by atoms with Crippen molar-refractivity contribution >= 4 is 27.7 Å². The first-order chi connectivity index (χ1) is 12.9. The molecule has 5 nitrogen and oxygen atoms in total. The van der Waals surface area contributed by atoms with Crippen LogP contribution in [0.4, 0.5) is 0 Å². The zero-order valence-electron chi connectivity index (χ0n) is 15.5. The first-order valence-corrected chi connectivity index (χ1v) is 8.89. The Hall–Kier alpha value is -3.08. The largest absolute Gasteiger partial charge is 0.482 e. The molecular weight excluding hydrogens is 344 g/mol. The number of rotatable bonds is 3. The topological polar surface area (TPSA) is 65.7 Å². The van der Waals surface area contributed by atoms with Gasteiger partial charge in [0.15, 0.2) is 0 Å². The number of fused-ring (bicyclic) bond motifs is 6. The number of benzene rings is 2. The Morgan fingerprint density at radius 1 is 1.30 bits per heavy atom. The number of hydrogen-bond acceptors (Lipinski definition) is 5. The summed E-state index contributed by atoms with van der Waals surface area (Å²) in [4.78, 5) is 24.8. The van der Waals surface area contributed by atoms with Crippen molar-refractivity contribution in [1.82, 2.24) is 0 Å². The maximum absolute atomic E-state index is 12.5. The summed E-state index contributed by atoms with van der Waals surface area (Å²) in [5.74, 6) is 0.134. The average Bonchev–Trinajstić information content (AvgIpc) is 3.01. The highest BCUT2D eigenvalue weighted by Crippen LogP contribution is 2.47. The molecule has 5 heteroatoms. The molecule has 0 radical (unpaired) electrons. The SMILES string of the molecule is C=C(C)C1(C)Cc2c(c3ccccc3c3c(C(=O)OCC)cc(=O)oc23)O1. The Morgan fingerprint density at radius 2 is 2.00 bits per heavy atom. The molecule has 0 saturated heterocycles. The molecular formula is C22H20O5. The van der Waals surface area contributed by atoms with Crippen LogP contribution in [0.25, 0.3) is 21.7 Å². The van der Waals surface area contributed by atoms with Crippen LogP contribution >= 0.6 is 0 Å². The van der Waals surface area contributed by atoms with Crippen LogP contribution < -0.4 is 10.4 Å². The van der Waals surface area contributed by atoms with Gasteiger partial charge in [-0.15, -0.1) is 0 Å². The molecule has 1 aromatic heterocycles. The highest BCUT2D eigenvalue weighted by molar-refractivity contribution is 6.18. The lowest BCUT2D eigenvalue weighted by Crippen LogP contribution is -2.31. The van der Waals surface area contributed by atoms with Gasteiger partial charge in [0.25, 0.3) is 0 Å². The van der Waals surface area contributed by atoms with Crippen LogP contribution in [-0.4, -0.2) is 18.2 Å². The summed E-state index contributed by atoms with van der Waals surface area (Å²) < 4.78 is 17.0. The van der Waals surface area contributed by atoms with Crippen molar-refractivity contribution < 1.29 is 18.7 Å². The summed E-state index contributed by atoms with van der Waals surface area (Å²) in [5.41, 5.74) is 1.05. The van der Waals surface area contributed by atoms with Gasteiger partial charge < -0.3 is 13.9 Å². The van der Waals surface area contributed by atoms with Crippen LogP contribution in [0, 0.1) is 0 Å². The van der Waals surface area contributed by atoms with E-state index < -0.39 is 17.2 Å². The minimum Gasteiger partial charge on any atom is -0.482 e. The molecule has 0 amide bonds. The van der Waals surface area contributed by atoms with Gasteiger partial charge >= 0.3 is 11.6 Å². The van der Waals surface area contributed by atoms with Crippen LogP contribution in [-0.2, 0) is 11.2 Å². The number of carbonyl (C=O) groups is 1. The van der Waals surface area contributed by atoms with Gasteiger partial charge in [-0.05, 0) is 31.7 Å². The normalized spacial score (nSPS) is 18.3. The molecule has 0 aliphatic carbocycles. The molecule has 1 aliphatic heterocycles. The summed E-state index contributed by atoms with van der Waals surface area (Å²) in [5, 5.41) is 2.23. The second-order valence-electron chi connectivity index (χ2n) is 7.05. The van der Waals surface area contributed by atoms with Crippen molar-refractivity contribution in [2.24, 2.45) is 0 Å². The summed E-state index contributed by atoms with van der Waals surface area (Å²) in [6.07, 6.45) is 0.508. The fourth-order valence-corrected chi connectivity index (χ4v) is 3.62. The summed E-state index contributed by atoms with van der Waals surface area (Å²) in [6.45, 7) is 9.88. The van der Waals surface area contributed by atoms with E-state index in [1.807, 2.05) is 38.1 Å². The second-order valence-corrected chi connectivity index (χ2v) is 7.05. The van der Waals surface area contributed by atoms with Crippen LogP contribution in [0.2, 0.25) is 0 Å². The fraction of sp³-hybridized carbons (Fsp3) is 0.273. The van der Waals surface area contributed by atoms with Crippen molar-refractivity contribution in [3.8, 4) is 5.75 Å². The Kier molecular flexibility index (Phi) is 3.84. The molecule has 1 aliphatic rings. The Labute approximate surface area is 156 Å². The number of hydrogen-bond donors (Lipinski definition) is 0. The molecule has 0 saturated carbocycles. The minimum atomic E-state index is -0.599. The maximum atomic E-state index is 12.5. The molecule has 27 heavy (non-hydrogen) atoms. The lowest BCUT2D eigenvalue weighted by molar-refractivity contribution is 0.0528. The molecule has 3 aromatic rings. The summed E-state index contributed by atoms with van der Waals surface area (Å²) in [7, 11) is 0. The third kappa shape index (κ3) is 2.53. The van der Waals surface area contributed by atoms with Crippen LogP contribution in [0.1, 0.15) is 36.7 Å². The van der Waals surface area contributed by atoms with E-state index >= 15 is 0 Å². The first-order valence-electron chi connectivity index (χ1n) is 8.89. The van der Waals surface area contributed by atoms with E-state index in [2.05, 4.69) is 6.58 Å². The first kappa shape index (κ1) is 17.3. The smallest absolute Gasteiger partial charge is 0.339 e. The van der Waals surface area contributed by atoms with Crippen LogP contribution in [0.3, 0.4) is 0 Å². The second kappa shape index (κ2) is 5.98. The zero-order chi connectivity index (χ0) is 19.3. The lowest BCUT2D eigenvalue weighted by atomic mass is 9.90. The summed E-state index contributed by atoms with van der Waals surface area (Å²) >= 11 is 0. The molecule has 0 bridgehead atoms. The molecule has 2 heterocycles. The van der Waals surface area contributed by atoms with E-state index in [0.717, 1.165) is 21.9 Å². The zero-order valence-corrected chi connectivity index (χ0v) is 15.5. The van der Waals surface area contributed by atoms with Gasteiger partial charge in [-0.25, -0.2) is 9.59 Å². The summed E-state index contributed by atoms with van der Waals surface area (Å²) in [6, 6.07) is 8.82. The maximum Gasteiger partial charge on any atom is 0.339 e. The van der Waals surface area contributed by atoms with E-state index in [9.17, 15) is 9.59 Å². The van der Waals surface area contributed by atoms with Gasteiger partial charge in [0, 0.05) is 28.8 Å². The van der Waals surface area contributed by atoms with Crippen molar-refractivity contribution in [1.29, 1.82) is 0 Å². The molecule has 0 N–H and O–H groups in total. The van der Waals surface area contributed by atoms with Crippen molar-refractivity contribution in [3.05, 3.63) is 64.0 Å². The number of ether oxygens (including phenoxy) is 2. The molecule has 138 valence electrons. The predicted molar refractivity (Wildman–Crippen MR) is 103 cm³/mol. The fourth-order valence-electron chi connectivity index (χ4n) is 3.62. The molecule has 4 rings (SSSR count). The molecule has 2 aromatic carbocycles. The van der Waals surface area contributed by atoms with E-state index in [0.29, 0.717) is 23.1 Å².